The molecule has 1 aromatic carbocycles. The highest BCUT2D eigenvalue weighted by Crippen LogP contribution is 2.13. The summed E-state index contributed by atoms with van der Waals surface area (Å²) >= 11 is 3.44. The van der Waals surface area contributed by atoms with Gasteiger partial charge in [-0.25, -0.2) is 0 Å². The van der Waals surface area contributed by atoms with Crippen molar-refractivity contribution in [1.29, 1.82) is 0 Å². The molecule has 0 saturated carbocycles. The van der Waals surface area contributed by atoms with Gasteiger partial charge in [-0.2, -0.15) is 0 Å². The highest BCUT2D eigenvalue weighted by atomic mass is 79.9. The molecule has 1 aromatic rings. The van der Waals surface area contributed by atoms with Gasteiger partial charge in [-0.1, -0.05) is 39.7 Å². The molecule has 2 rings (SSSR count). The van der Waals surface area contributed by atoms with Crippen molar-refractivity contribution in [2.24, 2.45) is 0 Å². The van der Waals surface area contributed by atoms with Gasteiger partial charge in [0.1, 0.15) is 0 Å². The first-order valence-electron chi connectivity index (χ1n) is 6.64. The van der Waals surface area contributed by atoms with Crippen molar-refractivity contribution >= 4 is 34.2 Å². The third-order valence-electron chi connectivity index (χ3n) is 3.20. The van der Waals surface area contributed by atoms with Gasteiger partial charge in [0.25, 0.3) is 0 Å². The third kappa shape index (κ3) is 6.07. The lowest BCUT2D eigenvalue weighted by molar-refractivity contribution is -0.120. The average molecular weight is 360 g/mol. The maximum Gasteiger partial charge on any atom is 0.220 e. The topological polar surface area (TPSA) is 41.1 Å². The molecule has 2 N–H and O–H groups in total. The highest BCUT2D eigenvalue weighted by molar-refractivity contribution is 9.10. The second kappa shape index (κ2) is 9.16. The fourth-order valence-corrected chi connectivity index (χ4v) is 2.53. The van der Waals surface area contributed by atoms with E-state index >= 15 is 0 Å². The largest absolute Gasteiger partial charge is 0.352 e. The van der Waals surface area contributed by atoms with Gasteiger partial charge in [-0.05, 0) is 37.1 Å². The molecule has 0 atom stereocenters. The van der Waals surface area contributed by atoms with Crippen molar-refractivity contribution in [2.75, 3.05) is 19.6 Å². The molecule has 0 spiro atoms. The molecule has 0 unspecified atom stereocenters. The lowest BCUT2D eigenvalue weighted by Crippen LogP contribution is -2.29. The molecule has 0 aliphatic carbocycles. The minimum absolute atomic E-state index is 0. The van der Waals surface area contributed by atoms with E-state index in [1.165, 1.54) is 11.1 Å². The van der Waals surface area contributed by atoms with Crippen LogP contribution in [-0.4, -0.2) is 25.5 Å². The van der Waals surface area contributed by atoms with Crippen LogP contribution in [0.25, 0.3) is 0 Å². The molecule has 0 saturated heterocycles. The summed E-state index contributed by atoms with van der Waals surface area (Å²) in [6.45, 7) is 2.63. The highest BCUT2D eigenvalue weighted by Gasteiger charge is 2.06. The van der Waals surface area contributed by atoms with Gasteiger partial charge < -0.3 is 10.6 Å². The first kappa shape index (κ1) is 17.2. The van der Waals surface area contributed by atoms with E-state index in [4.69, 9.17) is 0 Å². The zero-order chi connectivity index (χ0) is 13.5. The molecule has 1 aliphatic heterocycles. The summed E-state index contributed by atoms with van der Waals surface area (Å²) in [5, 5.41) is 6.25. The van der Waals surface area contributed by atoms with Crippen LogP contribution >= 0.6 is 28.3 Å². The van der Waals surface area contributed by atoms with Crippen LogP contribution in [0, 0.1) is 0 Å². The number of aryl methyl sites for hydroxylation is 1. The lowest BCUT2D eigenvalue weighted by Gasteiger charge is -2.14. The second-order valence-corrected chi connectivity index (χ2v) is 5.64. The Morgan fingerprint density at radius 2 is 2.25 bits per heavy atom. The first-order chi connectivity index (χ1) is 9.24. The molecule has 0 bridgehead atoms. The fourth-order valence-electron chi connectivity index (χ4n) is 2.08. The summed E-state index contributed by atoms with van der Waals surface area (Å²) in [7, 11) is 0. The van der Waals surface area contributed by atoms with Crippen LogP contribution in [-0.2, 0) is 11.2 Å². The van der Waals surface area contributed by atoms with Crippen LogP contribution in [0.4, 0.5) is 0 Å². The van der Waals surface area contributed by atoms with E-state index in [0.29, 0.717) is 13.0 Å². The van der Waals surface area contributed by atoms with Crippen LogP contribution in [0.15, 0.2) is 40.4 Å². The molecule has 1 amide bonds. The maximum absolute atomic E-state index is 11.8. The second-order valence-electron chi connectivity index (χ2n) is 4.72. The monoisotopic (exact) mass is 358 g/mol. The molecular formula is C15H20BrClN2O. The Balaban J connectivity index is 0.00000200. The molecule has 110 valence electrons. The average Bonchev–Trinajstić information content (AvgIpc) is 2.44. The minimum atomic E-state index is 0. The molecule has 1 aliphatic rings. The summed E-state index contributed by atoms with van der Waals surface area (Å²) in [5.74, 6) is 0.124. The molecule has 0 aromatic heterocycles. The van der Waals surface area contributed by atoms with Gasteiger partial charge in [0.15, 0.2) is 0 Å². The Labute approximate surface area is 134 Å². The van der Waals surface area contributed by atoms with E-state index in [1.54, 1.807) is 0 Å². The Hall–Kier alpha value is -0.840. The molecule has 3 nitrogen and oxygen atoms in total. The molecule has 1 heterocycles. The SMILES string of the molecule is Cl.O=C(CCc1cccc(Br)c1)NCC1=CCNCC1. The molecule has 20 heavy (non-hydrogen) atoms. The Kier molecular flexibility index (Phi) is 7.88. The van der Waals surface area contributed by atoms with Crippen LogP contribution in [0.3, 0.4) is 0 Å². The van der Waals surface area contributed by atoms with Gasteiger partial charge >= 0.3 is 0 Å². The fraction of sp³-hybridized carbons (Fsp3) is 0.400. The zero-order valence-electron chi connectivity index (χ0n) is 11.3. The Bertz CT molecular complexity index is 477. The molecular weight excluding hydrogens is 340 g/mol. The lowest BCUT2D eigenvalue weighted by atomic mass is 10.1. The predicted molar refractivity (Wildman–Crippen MR) is 88.3 cm³/mol. The van der Waals surface area contributed by atoms with E-state index in [-0.39, 0.29) is 18.3 Å². The van der Waals surface area contributed by atoms with Gasteiger partial charge in [0.2, 0.25) is 5.91 Å². The summed E-state index contributed by atoms with van der Waals surface area (Å²) in [6.07, 6.45) is 4.53. The number of nitrogens with one attached hydrogen (secondary N) is 2. The summed E-state index contributed by atoms with van der Waals surface area (Å²) in [5.41, 5.74) is 2.51. The van der Waals surface area contributed by atoms with Gasteiger partial charge in [0.05, 0.1) is 0 Å². The first-order valence-corrected chi connectivity index (χ1v) is 7.43. The Morgan fingerprint density at radius 1 is 1.40 bits per heavy atom. The van der Waals surface area contributed by atoms with Crippen LogP contribution in [0.2, 0.25) is 0 Å². The van der Waals surface area contributed by atoms with E-state index in [1.807, 2.05) is 18.2 Å². The van der Waals surface area contributed by atoms with E-state index in [2.05, 4.69) is 38.7 Å². The van der Waals surface area contributed by atoms with Crippen molar-refractivity contribution < 1.29 is 4.79 Å². The standard InChI is InChI=1S/C15H19BrN2O.ClH/c16-14-3-1-2-12(10-14)4-5-15(19)18-11-13-6-8-17-9-7-13;/h1-3,6,10,17H,4-5,7-9,11H2,(H,18,19);1H. The van der Waals surface area contributed by atoms with Gasteiger partial charge in [-0.15, -0.1) is 12.4 Å². The van der Waals surface area contributed by atoms with Crippen molar-refractivity contribution in [2.45, 2.75) is 19.3 Å². The quantitative estimate of drug-likeness (QED) is 0.794. The van der Waals surface area contributed by atoms with Crippen molar-refractivity contribution in [1.82, 2.24) is 10.6 Å². The molecule has 5 heteroatoms. The summed E-state index contributed by atoms with van der Waals surface area (Å²) in [4.78, 5) is 11.8. The number of carbonyl (C=O) groups excluding carboxylic acids is 1. The molecule has 0 radical (unpaired) electrons. The summed E-state index contributed by atoms with van der Waals surface area (Å²) in [6, 6.07) is 8.10. The van der Waals surface area contributed by atoms with Crippen molar-refractivity contribution in [3.05, 3.63) is 46.0 Å². The van der Waals surface area contributed by atoms with Crippen molar-refractivity contribution in [3.8, 4) is 0 Å². The normalized spacial score (nSPS) is 14.2. The number of hydrogen-bond donors (Lipinski definition) is 2. The number of rotatable bonds is 5. The van der Waals surface area contributed by atoms with E-state index in [0.717, 1.165) is 30.4 Å². The van der Waals surface area contributed by atoms with Gasteiger partial charge in [-0.3, -0.25) is 4.79 Å². The minimum Gasteiger partial charge on any atom is -0.352 e. The van der Waals surface area contributed by atoms with E-state index in [9.17, 15) is 4.79 Å². The smallest absolute Gasteiger partial charge is 0.220 e. The molecule has 0 fully saturated rings. The number of carbonyl (C=O) groups is 1. The van der Waals surface area contributed by atoms with Crippen LogP contribution < -0.4 is 10.6 Å². The number of hydrogen-bond acceptors (Lipinski definition) is 2. The summed E-state index contributed by atoms with van der Waals surface area (Å²) < 4.78 is 1.06. The van der Waals surface area contributed by atoms with Crippen molar-refractivity contribution in [3.63, 3.8) is 0 Å². The van der Waals surface area contributed by atoms with Crippen LogP contribution in [0.1, 0.15) is 18.4 Å². The zero-order valence-corrected chi connectivity index (χ0v) is 13.7. The van der Waals surface area contributed by atoms with Crippen LogP contribution in [0.5, 0.6) is 0 Å². The predicted octanol–water partition coefficient (Wildman–Crippen LogP) is 2.84. The van der Waals surface area contributed by atoms with E-state index < -0.39 is 0 Å². The number of amides is 1. The van der Waals surface area contributed by atoms with Gasteiger partial charge in [0, 0.05) is 24.0 Å². The number of halogens is 2. The Morgan fingerprint density at radius 3 is 2.95 bits per heavy atom. The third-order valence-corrected chi connectivity index (χ3v) is 3.69. The number of benzene rings is 1. The maximum atomic E-state index is 11.8.